The molecule has 1 fully saturated rings. The van der Waals surface area contributed by atoms with Gasteiger partial charge in [0.15, 0.2) is 0 Å². The van der Waals surface area contributed by atoms with Gasteiger partial charge in [-0.3, -0.25) is 0 Å². The lowest BCUT2D eigenvalue weighted by Gasteiger charge is -2.14. The molecule has 0 spiro atoms. The SMILES string of the molecule is CC(C)CN1CCNS1(=O)=O. The van der Waals surface area contributed by atoms with Crippen LogP contribution in [0.15, 0.2) is 0 Å². The molecule has 0 radical (unpaired) electrons. The summed E-state index contributed by atoms with van der Waals surface area (Å²) >= 11 is 0. The fourth-order valence-corrected chi connectivity index (χ4v) is 2.47. The lowest BCUT2D eigenvalue weighted by molar-refractivity contribution is 0.397. The van der Waals surface area contributed by atoms with Crippen LogP contribution in [0.2, 0.25) is 0 Å². The Morgan fingerprint density at radius 1 is 1.55 bits per heavy atom. The van der Waals surface area contributed by atoms with Crippen molar-refractivity contribution in [3.05, 3.63) is 0 Å². The zero-order valence-electron chi connectivity index (χ0n) is 6.87. The summed E-state index contributed by atoms with van der Waals surface area (Å²) in [6.45, 7) is 5.80. The molecule has 1 saturated heterocycles. The van der Waals surface area contributed by atoms with E-state index in [1.807, 2.05) is 13.8 Å². The van der Waals surface area contributed by atoms with Gasteiger partial charge in [0.05, 0.1) is 0 Å². The van der Waals surface area contributed by atoms with Crippen molar-refractivity contribution >= 4 is 10.2 Å². The van der Waals surface area contributed by atoms with Crippen LogP contribution in [-0.2, 0) is 10.2 Å². The Morgan fingerprint density at radius 3 is 2.55 bits per heavy atom. The van der Waals surface area contributed by atoms with E-state index in [2.05, 4.69) is 4.72 Å². The Balaban J connectivity index is 2.59. The van der Waals surface area contributed by atoms with Gasteiger partial charge in [-0.2, -0.15) is 12.7 Å². The van der Waals surface area contributed by atoms with Gasteiger partial charge in [0.25, 0.3) is 10.2 Å². The van der Waals surface area contributed by atoms with E-state index in [0.29, 0.717) is 25.6 Å². The first kappa shape index (κ1) is 8.96. The van der Waals surface area contributed by atoms with Gasteiger partial charge in [-0.05, 0) is 5.92 Å². The standard InChI is InChI=1S/C6H14N2O2S/c1-6(2)5-8-4-3-7-11(8,9)10/h6-7H,3-5H2,1-2H3. The Hall–Kier alpha value is -0.130. The molecule has 5 heteroatoms. The summed E-state index contributed by atoms with van der Waals surface area (Å²) in [5.41, 5.74) is 0. The van der Waals surface area contributed by atoms with E-state index in [9.17, 15) is 8.42 Å². The van der Waals surface area contributed by atoms with E-state index >= 15 is 0 Å². The van der Waals surface area contributed by atoms with Crippen molar-refractivity contribution in [1.29, 1.82) is 0 Å². The molecule has 4 nitrogen and oxygen atoms in total. The lowest BCUT2D eigenvalue weighted by atomic mass is 10.2. The predicted octanol–water partition coefficient (Wildman–Crippen LogP) is -0.208. The largest absolute Gasteiger partial charge is 0.279 e. The first-order valence-electron chi connectivity index (χ1n) is 3.77. The Kier molecular flexibility index (Phi) is 2.51. The summed E-state index contributed by atoms with van der Waals surface area (Å²) in [7, 11) is -3.10. The molecular weight excluding hydrogens is 164 g/mol. The minimum Gasteiger partial charge on any atom is -0.201 e. The molecule has 66 valence electrons. The van der Waals surface area contributed by atoms with Crippen molar-refractivity contribution in [1.82, 2.24) is 9.03 Å². The zero-order valence-corrected chi connectivity index (χ0v) is 7.69. The average Bonchev–Trinajstić information content (AvgIpc) is 2.10. The molecule has 0 saturated carbocycles. The van der Waals surface area contributed by atoms with Crippen LogP contribution >= 0.6 is 0 Å². The third kappa shape index (κ3) is 2.15. The Morgan fingerprint density at radius 2 is 2.18 bits per heavy atom. The fraction of sp³-hybridized carbons (Fsp3) is 1.00. The van der Waals surface area contributed by atoms with Gasteiger partial charge in [0.2, 0.25) is 0 Å². The summed E-state index contributed by atoms with van der Waals surface area (Å²) in [4.78, 5) is 0. The molecule has 1 aliphatic rings. The van der Waals surface area contributed by atoms with E-state index in [1.54, 1.807) is 0 Å². The topological polar surface area (TPSA) is 49.4 Å². The van der Waals surface area contributed by atoms with E-state index < -0.39 is 10.2 Å². The second kappa shape index (κ2) is 3.08. The van der Waals surface area contributed by atoms with Crippen molar-refractivity contribution in [2.75, 3.05) is 19.6 Å². The van der Waals surface area contributed by atoms with Gasteiger partial charge in [0, 0.05) is 19.6 Å². The molecule has 1 N–H and O–H groups in total. The van der Waals surface area contributed by atoms with Crippen LogP contribution in [0.1, 0.15) is 13.8 Å². The highest BCUT2D eigenvalue weighted by Crippen LogP contribution is 2.07. The molecule has 0 aromatic carbocycles. The maximum atomic E-state index is 11.1. The maximum Gasteiger partial charge on any atom is 0.279 e. The molecule has 0 aliphatic carbocycles. The molecule has 11 heavy (non-hydrogen) atoms. The van der Waals surface area contributed by atoms with E-state index in [4.69, 9.17) is 0 Å². The Labute approximate surface area is 67.8 Å². The van der Waals surface area contributed by atoms with Crippen molar-refractivity contribution < 1.29 is 8.42 Å². The quantitative estimate of drug-likeness (QED) is 0.636. The molecule has 0 atom stereocenters. The second-order valence-electron chi connectivity index (χ2n) is 3.15. The van der Waals surface area contributed by atoms with E-state index in [-0.39, 0.29) is 0 Å². The van der Waals surface area contributed by atoms with Crippen LogP contribution in [0.3, 0.4) is 0 Å². The molecule has 0 aromatic heterocycles. The predicted molar refractivity (Wildman–Crippen MR) is 43.3 cm³/mol. The van der Waals surface area contributed by atoms with E-state index in [0.717, 1.165) is 0 Å². The van der Waals surface area contributed by atoms with Crippen molar-refractivity contribution in [2.45, 2.75) is 13.8 Å². The molecule has 0 aromatic rings. The fourth-order valence-electron chi connectivity index (χ4n) is 1.11. The van der Waals surface area contributed by atoms with Crippen molar-refractivity contribution in [2.24, 2.45) is 5.92 Å². The van der Waals surface area contributed by atoms with Gasteiger partial charge in [-0.25, -0.2) is 4.72 Å². The molecule has 1 heterocycles. The average molecular weight is 178 g/mol. The van der Waals surface area contributed by atoms with Crippen molar-refractivity contribution in [3.63, 3.8) is 0 Å². The monoisotopic (exact) mass is 178 g/mol. The van der Waals surface area contributed by atoms with Gasteiger partial charge >= 0.3 is 0 Å². The normalized spacial score (nSPS) is 24.6. The second-order valence-corrected chi connectivity index (χ2v) is 4.91. The maximum absolute atomic E-state index is 11.1. The molecule has 0 unspecified atom stereocenters. The van der Waals surface area contributed by atoms with Gasteiger partial charge in [-0.15, -0.1) is 0 Å². The summed E-state index contributed by atoms with van der Waals surface area (Å²) in [5, 5.41) is 0. The minimum atomic E-state index is -3.10. The molecule has 0 amide bonds. The number of rotatable bonds is 2. The smallest absolute Gasteiger partial charge is 0.201 e. The number of hydrogen-bond acceptors (Lipinski definition) is 2. The number of nitrogens with one attached hydrogen (secondary N) is 1. The molecule has 1 aliphatic heterocycles. The van der Waals surface area contributed by atoms with Gasteiger partial charge < -0.3 is 0 Å². The van der Waals surface area contributed by atoms with E-state index in [1.165, 1.54) is 4.31 Å². The van der Waals surface area contributed by atoms with Crippen LogP contribution in [0.25, 0.3) is 0 Å². The summed E-state index contributed by atoms with van der Waals surface area (Å²) in [6.07, 6.45) is 0. The number of hydrogen-bond donors (Lipinski definition) is 1. The lowest BCUT2D eigenvalue weighted by Crippen LogP contribution is -2.32. The highest BCUT2D eigenvalue weighted by atomic mass is 32.2. The highest BCUT2D eigenvalue weighted by Gasteiger charge is 2.27. The summed E-state index contributed by atoms with van der Waals surface area (Å²) in [5.74, 6) is 0.393. The van der Waals surface area contributed by atoms with Crippen molar-refractivity contribution in [3.8, 4) is 0 Å². The summed E-state index contributed by atoms with van der Waals surface area (Å²) in [6, 6.07) is 0. The highest BCUT2D eigenvalue weighted by molar-refractivity contribution is 7.87. The first-order chi connectivity index (χ1) is 5.02. The zero-order chi connectivity index (χ0) is 8.48. The third-order valence-corrected chi connectivity index (χ3v) is 3.13. The molecule has 0 bridgehead atoms. The Bertz CT molecular complexity index is 223. The van der Waals surface area contributed by atoms with Crippen LogP contribution in [-0.4, -0.2) is 32.4 Å². The molecular formula is C6H14N2O2S. The van der Waals surface area contributed by atoms with Crippen LogP contribution in [0, 0.1) is 5.92 Å². The summed E-state index contributed by atoms with van der Waals surface area (Å²) < 4.78 is 26.2. The minimum absolute atomic E-state index is 0.393. The first-order valence-corrected chi connectivity index (χ1v) is 5.21. The number of nitrogens with zero attached hydrogens (tertiary/aromatic N) is 1. The van der Waals surface area contributed by atoms with Gasteiger partial charge in [0.1, 0.15) is 0 Å². The van der Waals surface area contributed by atoms with Gasteiger partial charge in [-0.1, -0.05) is 13.8 Å². The molecule has 1 rings (SSSR count). The van der Waals surface area contributed by atoms with Crippen LogP contribution < -0.4 is 4.72 Å². The third-order valence-electron chi connectivity index (χ3n) is 1.55. The van der Waals surface area contributed by atoms with Crippen LogP contribution in [0.5, 0.6) is 0 Å². The van der Waals surface area contributed by atoms with Crippen LogP contribution in [0.4, 0.5) is 0 Å².